The van der Waals surface area contributed by atoms with Crippen molar-refractivity contribution in [3.8, 4) is 5.75 Å². The van der Waals surface area contributed by atoms with E-state index < -0.39 is 11.9 Å². The molecule has 2 aromatic heterocycles. The molecule has 10 heteroatoms. The third-order valence-corrected chi connectivity index (χ3v) is 6.09. The summed E-state index contributed by atoms with van der Waals surface area (Å²) in [5.41, 5.74) is 0.829. The van der Waals surface area contributed by atoms with E-state index in [0.717, 1.165) is 5.01 Å². The summed E-state index contributed by atoms with van der Waals surface area (Å²) < 4.78 is 11.8. The normalized spacial score (nSPS) is 10.9. The molecule has 0 fully saturated rings. The topological polar surface area (TPSA) is 112 Å². The van der Waals surface area contributed by atoms with Crippen LogP contribution in [0, 0.1) is 0 Å². The van der Waals surface area contributed by atoms with Crippen LogP contribution in [-0.4, -0.2) is 33.6 Å². The molecule has 0 aliphatic rings. The highest BCUT2D eigenvalue weighted by atomic mass is 32.1. The van der Waals surface area contributed by atoms with Crippen LogP contribution in [0.15, 0.2) is 59.4 Å². The number of para-hydroxylation sites is 1. The monoisotopic (exact) mass is 478 g/mol. The van der Waals surface area contributed by atoms with Gasteiger partial charge in [0, 0.05) is 17.5 Å². The fourth-order valence-electron chi connectivity index (χ4n) is 3.12. The first kappa shape index (κ1) is 23.1. The Kier molecular flexibility index (Phi) is 6.69. The average molecular weight is 479 g/mol. The van der Waals surface area contributed by atoms with Gasteiger partial charge in [-0.25, -0.2) is 9.78 Å². The number of nitrogens with one attached hydrogen (secondary N) is 1. The molecule has 9 nitrogen and oxygen atoms in total. The number of carbonyl (C=O) groups is 2. The zero-order valence-electron chi connectivity index (χ0n) is 18.8. The first-order chi connectivity index (χ1) is 16.4. The van der Waals surface area contributed by atoms with Gasteiger partial charge in [-0.15, -0.1) is 0 Å². The lowest BCUT2D eigenvalue weighted by Crippen LogP contribution is -2.18. The minimum Gasteiger partial charge on any atom is -0.497 e. The van der Waals surface area contributed by atoms with Crippen molar-refractivity contribution in [1.29, 1.82) is 0 Å². The van der Waals surface area contributed by atoms with Crippen molar-refractivity contribution in [3.05, 3.63) is 86.8 Å². The van der Waals surface area contributed by atoms with Crippen LogP contribution in [-0.2, 0) is 11.3 Å². The fourth-order valence-corrected chi connectivity index (χ4v) is 4.05. The summed E-state index contributed by atoms with van der Waals surface area (Å²) in [6.45, 7) is 3.77. The van der Waals surface area contributed by atoms with Gasteiger partial charge in [0.15, 0.2) is 0 Å². The number of rotatable bonds is 7. The Balaban J connectivity index is 1.50. The number of ether oxygens (including phenoxy) is 2. The summed E-state index contributed by atoms with van der Waals surface area (Å²) in [7, 11) is 1.52. The van der Waals surface area contributed by atoms with E-state index in [1.54, 1.807) is 48.5 Å². The van der Waals surface area contributed by atoms with Crippen molar-refractivity contribution in [2.75, 3.05) is 12.4 Å². The molecule has 34 heavy (non-hydrogen) atoms. The van der Waals surface area contributed by atoms with Crippen LogP contribution < -0.4 is 15.6 Å². The molecule has 0 aliphatic heterocycles. The summed E-state index contributed by atoms with van der Waals surface area (Å²) in [5, 5.41) is 7.80. The van der Waals surface area contributed by atoms with E-state index in [4.69, 9.17) is 9.47 Å². The van der Waals surface area contributed by atoms with Crippen LogP contribution in [0.2, 0.25) is 0 Å². The molecule has 2 heterocycles. The van der Waals surface area contributed by atoms with Crippen LogP contribution in [0.4, 0.5) is 5.69 Å². The average Bonchev–Trinajstić information content (AvgIpc) is 3.28. The molecule has 174 valence electrons. The number of aromatic nitrogens is 3. The van der Waals surface area contributed by atoms with Crippen molar-refractivity contribution in [1.82, 2.24) is 14.6 Å². The van der Waals surface area contributed by atoms with Gasteiger partial charge in [0.2, 0.25) is 4.96 Å². The number of carbonyl (C=O) groups excluding carboxylic acids is 2. The molecule has 4 aromatic rings. The lowest BCUT2D eigenvalue weighted by Gasteiger charge is -2.11. The lowest BCUT2D eigenvalue weighted by atomic mass is 10.1. The Hall–Kier alpha value is -4.05. The lowest BCUT2D eigenvalue weighted by molar-refractivity contribution is 0.0469. The summed E-state index contributed by atoms with van der Waals surface area (Å²) in [4.78, 5) is 42.7. The van der Waals surface area contributed by atoms with Gasteiger partial charge in [0.25, 0.3) is 11.5 Å². The number of hydrogen-bond donors (Lipinski definition) is 1. The molecule has 0 unspecified atom stereocenters. The smallest absolute Gasteiger partial charge is 0.340 e. The molecule has 0 atom stereocenters. The molecular weight excluding hydrogens is 456 g/mol. The van der Waals surface area contributed by atoms with Crippen LogP contribution in [0.1, 0.15) is 51.2 Å². The minimum atomic E-state index is -0.657. The van der Waals surface area contributed by atoms with Crippen LogP contribution >= 0.6 is 11.3 Å². The number of anilines is 1. The summed E-state index contributed by atoms with van der Waals surface area (Å²) >= 11 is 1.32. The van der Waals surface area contributed by atoms with E-state index in [9.17, 15) is 14.4 Å². The van der Waals surface area contributed by atoms with E-state index in [0.29, 0.717) is 27.7 Å². The first-order valence-corrected chi connectivity index (χ1v) is 11.3. The molecule has 1 amide bonds. The third-order valence-electron chi connectivity index (χ3n) is 4.89. The molecule has 0 saturated heterocycles. The second kappa shape index (κ2) is 9.84. The maximum absolute atomic E-state index is 12.8. The van der Waals surface area contributed by atoms with Gasteiger partial charge in [-0.05, 0) is 30.3 Å². The molecular formula is C24H22N4O5S. The van der Waals surface area contributed by atoms with Crippen LogP contribution in [0.3, 0.4) is 0 Å². The van der Waals surface area contributed by atoms with Crippen molar-refractivity contribution in [3.63, 3.8) is 0 Å². The van der Waals surface area contributed by atoms with Crippen LogP contribution in [0.5, 0.6) is 5.75 Å². The van der Waals surface area contributed by atoms with Gasteiger partial charge in [-0.1, -0.05) is 43.4 Å². The molecule has 1 N–H and O–H groups in total. The first-order valence-electron chi connectivity index (χ1n) is 10.5. The number of fused-ring (bicyclic) bond motifs is 1. The highest BCUT2D eigenvalue weighted by Gasteiger charge is 2.17. The zero-order valence-corrected chi connectivity index (χ0v) is 19.6. The highest BCUT2D eigenvalue weighted by molar-refractivity contribution is 7.16. The number of nitrogens with zero attached hydrogens (tertiary/aromatic N) is 3. The van der Waals surface area contributed by atoms with Crippen LogP contribution in [0.25, 0.3) is 4.96 Å². The Morgan fingerprint density at radius 1 is 1.12 bits per heavy atom. The summed E-state index contributed by atoms with van der Waals surface area (Å²) in [5.74, 6) is -0.348. The third kappa shape index (κ3) is 4.96. The molecule has 0 aliphatic carbocycles. The maximum atomic E-state index is 12.8. The number of hydrogen-bond acceptors (Lipinski definition) is 8. The molecule has 0 spiro atoms. The van der Waals surface area contributed by atoms with Gasteiger partial charge in [0.1, 0.15) is 17.4 Å². The summed E-state index contributed by atoms with van der Waals surface area (Å²) in [6, 6.07) is 14.5. The fraction of sp³-hybridized carbons (Fsp3) is 0.208. The Bertz CT molecular complexity index is 1430. The minimum absolute atomic E-state index is 0.163. The van der Waals surface area contributed by atoms with Gasteiger partial charge < -0.3 is 14.8 Å². The Morgan fingerprint density at radius 2 is 1.91 bits per heavy atom. The molecule has 0 radical (unpaired) electrons. The van der Waals surface area contributed by atoms with E-state index in [1.165, 1.54) is 29.0 Å². The number of amides is 1. The second-order valence-electron chi connectivity index (χ2n) is 7.68. The van der Waals surface area contributed by atoms with Crippen molar-refractivity contribution >= 4 is 33.9 Å². The van der Waals surface area contributed by atoms with Gasteiger partial charge >= 0.3 is 5.97 Å². The predicted molar refractivity (Wildman–Crippen MR) is 128 cm³/mol. The van der Waals surface area contributed by atoms with E-state index >= 15 is 0 Å². The highest BCUT2D eigenvalue weighted by Crippen LogP contribution is 2.21. The van der Waals surface area contributed by atoms with E-state index in [-0.39, 0.29) is 23.6 Å². The maximum Gasteiger partial charge on any atom is 0.340 e. The van der Waals surface area contributed by atoms with E-state index in [1.807, 2.05) is 13.8 Å². The quantitative estimate of drug-likeness (QED) is 0.401. The number of benzene rings is 2. The number of esters is 1. The Labute approximate surface area is 199 Å². The van der Waals surface area contributed by atoms with Gasteiger partial charge in [-0.3, -0.25) is 9.59 Å². The van der Waals surface area contributed by atoms with Crippen molar-refractivity contribution in [2.24, 2.45) is 0 Å². The van der Waals surface area contributed by atoms with Crippen molar-refractivity contribution < 1.29 is 19.1 Å². The SMILES string of the molecule is COc1cccc(C(=O)Nc2ccccc2C(=O)OCc2cc(=O)n3nc(C(C)C)sc3n2)c1. The standard InChI is InChI=1S/C24H22N4O5S/c1-14(2)22-27-28-20(29)12-16(25-24(28)34-22)13-33-23(31)18-9-4-5-10-19(18)26-21(30)15-7-6-8-17(11-15)32-3/h4-12,14H,13H2,1-3H3,(H,26,30). The predicted octanol–water partition coefficient (Wildman–Crippen LogP) is 3.89. The largest absolute Gasteiger partial charge is 0.497 e. The molecule has 2 aromatic carbocycles. The zero-order chi connectivity index (χ0) is 24.2. The van der Waals surface area contributed by atoms with E-state index in [2.05, 4.69) is 15.4 Å². The van der Waals surface area contributed by atoms with Crippen molar-refractivity contribution in [2.45, 2.75) is 26.4 Å². The van der Waals surface area contributed by atoms with Gasteiger partial charge in [-0.2, -0.15) is 9.61 Å². The molecule has 4 rings (SSSR count). The number of methoxy groups -OCH3 is 1. The molecule has 0 saturated carbocycles. The van der Waals surface area contributed by atoms with Gasteiger partial charge in [0.05, 0.1) is 24.1 Å². The second-order valence-corrected chi connectivity index (χ2v) is 8.67. The summed E-state index contributed by atoms with van der Waals surface area (Å²) in [6.07, 6.45) is 0. The molecule has 0 bridgehead atoms. The Morgan fingerprint density at radius 3 is 2.68 bits per heavy atom.